The highest BCUT2D eigenvalue weighted by molar-refractivity contribution is 9.10. The molecular weight excluding hydrogens is 271 g/mol. The van der Waals surface area contributed by atoms with Crippen LogP contribution in [0.2, 0.25) is 0 Å². The molecule has 0 aliphatic carbocycles. The first-order valence-electron chi connectivity index (χ1n) is 5.00. The van der Waals surface area contributed by atoms with Crippen molar-refractivity contribution in [3.8, 4) is 0 Å². The summed E-state index contributed by atoms with van der Waals surface area (Å²) in [4.78, 5) is 4.19. The van der Waals surface area contributed by atoms with Gasteiger partial charge in [0.1, 0.15) is 5.82 Å². The third-order valence-electron chi connectivity index (χ3n) is 2.70. The number of benzene rings is 1. The molecule has 0 radical (unpaired) electrons. The zero-order valence-corrected chi connectivity index (χ0v) is 10.8. The van der Waals surface area contributed by atoms with Gasteiger partial charge in [-0.2, -0.15) is 0 Å². The maximum atomic E-state index is 13.6. The Bertz CT molecular complexity index is 520. The number of aromatic nitrogens is 2. The molecule has 1 aromatic heterocycles. The predicted octanol–water partition coefficient (Wildman–Crippen LogP) is 3.45. The van der Waals surface area contributed by atoms with Crippen LogP contribution in [0.5, 0.6) is 0 Å². The van der Waals surface area contributed by atoms with E-state index in [4.69, 9.17) is 0 Å². The molecule has 0 fully saturated rings. The molecule has 0 aliphatic heterocycles. The van der Waals surface area contributed by atoms with Gasteiger partial charge in [-0.1, -0.05) is 22.0 Å². The van der Waals surface area contributed by atoms with Gasteiger partial charge in [0.15, 0.2) is 0 Å². The molecule has 0 spiro atoms. The zero-order chi connectivity index (χ0) is 11.7. The molecule has 0 atom stereocenters. The van der Waals surface area contributed by atoms with Gasteiger partial charge in [0.25, 0.3) is 0 Å². The molecule has 0 unspecified atom stereocenters. The lowest BCUT2D eigenvalue weighted by molar-refractivity contribution is 0.596. The minimum atomic E-state index is -0.194. The molecule has 2 nitrogen and oxygen atoms in total. The summed E-state index contributed by atoms with van der Waals surface area (Å²) in [5.41, 5.74) is 2.73. The Hall–Kier alpha value is -1.16. The van der Waals surface area contributed by atoms with Gasteiger partial charge < -0.3 is 4.57 Å². The van der Waals surface area contributed by atoms with Crippen molar-refractivity contribution in [3.63, 3.8) is 0 Å². The summed E-state index contributed by atoms with van der Waals surface area (Å²) in [7, 11) is 0. The lowest BCUT2D eigenvalue weighted by atomic mass is 10.2. The van der Waals surface area contributed by atoms with Crippen molar-refractivity contribution in [1.82, 2.24) is 9.55 Å². The summed E-state index contributed by atoms with van der Waals surface area (Å²) in [5.74, 6) is -0.194. The minimum absolute atomic E-state index is 0.194. The molecule has 0 saturated carbocycles. The van der Waals surface area contributed by atoms with E-state index in [1.807, 2.05) is 24.5 Å². The number of halogens is 2. The number of imidazole rings is 1. The summed E-state index contributed by atoms with van der Waals surface area (Å²) in [6, 6.07) is 5.11. The Morgan fingerprint density at radius 1 is 1.38 bits per heavy atom. The van der Waals surface area contributed by atoms with Gasteiger partial charge in [-0.25, -0.2) is 9.37 Å². The van der Waals surface area contributed by atoms with Gasteiger partial charge in [0, 0.05) is 15.7 Å². The zero-order valence-electron chi connectivity index (χ0n) is 9.17. The molecule has 0 N–H and O–H groups in total. The Balaban J connectivity index is 2.30. The largest absolute Gasteiger partial charge is 0.330 e. The highest BCUT2D eigenvalue weighted by Gasteiger charge is 2.06. The Morgan fingerprint density at radius 3 is 2.69 bits per heavy atom. The van der Waals surface area contributed by atoms with Crippen molar-refractivity contribution in [2.45, 2.75) is 20.4 Å². The topological polar surface area (TPSA) is 17.8 Å². The second-order valence-electron chi connectivity index (χ2n) is 3.78. The number of aryl methyl sites for hydroxylation is 1. The summed E-state index contributed by atoms with van der Waals surface area (Å²) in [6.45, 7) is 4.45. The van der Waals surface area contributed by atoms with Crippen LogP contribution in [0.4, 0.5) is 4.39 Å². The molecule has 2 aromatic rings. The van der Waals surface area contributed by atoms with Gasteiger partial charge in [-0.3, -0.25) is 0 Å². The van der Waals surface area contributed by atoms with Crippen LogP contribution in [0.25, 0.3) is 0 Å². The van der Waals surface area contributed by atoms with E-state index in [1.165, 1.54) is 6.07 Å². The van der Waals surface area contributed by atoms with E-state index in [-0.39, 0.29) is 5.82 Å². The smallest absolute Gasteiger partial charge is 0.129 e. The standard InChI is InChI=1S/C12H12BrFN2/c1-8-9(2)16(7-15-8)6-10-3-4-11(13)5-12(10)14/h3-5,7H,6H2,1-2H3. The van der Waals surface area contributed by atoms with E-state index >= 15 is 0 Å². The number of rotatable bonds is 2. The lowest BCUT2D eigenvalue weighted by Crippen LogP contribution is -2.02. The summed E-state index contributed by atoms with van der Waals surface area (Å²) < 4.78 is 16.3. The van der Waals surface area contributed by atoms with Crippen molar-refractivity contribution in [2.75, 3.05) is 0 Å². The molecule has 0 saturated heterocycles. The monoisotopic (exact) mass is 282 g/mol. The fraction of sp³-hybridized carbons (Fsp3) is 0.250. The van der Waals surface area contributed by atoms with Gasteiger partial charge in [-0.15, -0.1) is 0 Å². The van der Waals surface area contributed by atoms with E-state index in [2.05, 4.69) is 20.9 Å². The Labute approximate surface area is 102 Å². The van der Waals surface area contributed by atoms with Crippen LogP contribution in [0.3, 0.4) is 0 Å². The van der Waals surface area contributed by atoms with Crippen molar-refractivity contribution in [3.05, 3.63) is 51.8 Å². The van der Waals surface area contributed by atoms with Crippen LogP contribution in [0, 0.1) is 19.7 Å². The molecule has 0 bridgehead atoms. The van der Waals surface area contributed by atoms with E-state index < -0.39 is 0 Å². The first-order chi connectivity index (χ1) is 7.58. The van der Waals surface area contributed by atoms with Gasteiger partial charge in [0.2, 0.25) is 0 Å². The van der Waals surface area contributed by atoms with Crippen molar-refractivity contribution in [1.29, 1.82) is 0 Å². The van der Waals surface area contributed by atoms with Crippen LogP contribution in [-0.2, 0) is 6.54 Å². The maximum absolute atomic E-state index is 13.6. The molecule has 2 rings (SSSR count). The lowest BCUT2D eigenvalue weighted by Gasteiger charge is -2.07. The first-order valence-corrected chi connectivity index (χ1v) is 5.79. The molecule has 0 amide bonds. The van der Waals surface area contributed by atoms with Crippen molar-refractivity contribution < 1.29 is 4.39 Å². The fourth-order valence-electron chi connectivity index (χ4n) is 1.54. The third-order valence-corrected chi connectivity index (χ3v) is 3.19. The second kappa shape index (κ2) is 4.37. The number of hydrogen-bond acceptors (Lipinski definition) is 1. The second-order valence-corrected chi connectivity index (χ2v) is 4.69. The van der Waals surface area contributed by atoms with Crippen LogP contribution in [0.1, 0.15) is 17.0 Å². The minimum Gasteiger partial charge on any atom is -0.330 e. The molecular formula is C12H12BrFN2. The van der Waals surface area contributed by atoms with Crippen molar-refractivity contribution in [2.24, 2.45) is 0 Å². The molecule has 1 aromatic carbocycles. The Kier molecular flexibility index (Phi) is 3.10. The summed E-state index contributed by atoms with van der Waals surface area (Å²) in [6.07, 6.45) is 1.74. The SMILES string of the molecule is Cc1ncn(Cc2ccc(Br)cc2F)c1C. The van der Waals surface area contributed by atoms with Crippen LogP contribution in [0.15, 0.2) is 29.0 Å². The maximum Gasteiger partial charge on any atom is 0.129 e. The average molecular weight is 283 g/mol. The predicted molar refractivity (Wildman–Crippen MR) is 64.9 cm³/mol. The first kappa shape index (κ1) is 11.3. The van der Waals surface area contributed by atoms with Gasteiger partial charge in [-0.05, 0) is 26.0 Å². The fourth-order valence-corrected chi connectivity index (χ4v) is 1.87. The summed E-state index contributed by atoms with van der Waals surface area (Å²) >= 11 is 3.24. The average Bonchev–Trinajstić information content (AvgIpc) is 2.54. The number of hydrogen-bond donors (Lipinski definition) is 0. The van der Waals surface area contributed by atoms with Gasteiger partial charge in [0.05, 0.1) is 18.6 Å². The molecule has 0 aliphatic rings. The van der Waals surface area contributed by atoms with E-state index in [1.54, 1.807) is 12.4 Å². The molecule has 4 heteroatoms. The highest BCUT2D eigenvalue weighted by Crippen LogP contribution is 2.17. The molecule has 16 heavy (non-hydrogen) atoms. The van der Waals surface area contributed by atoms with E-state index in [9.17, 15) is 4.39 Å². The van der Waals surface area contributed by atoms with Crippen molar-refractivity contribution >= 4 is 15.9 Å². The van der Waals surface area contributed by atoms with Crippen LogP contribution >= 0.6 is 15.9 Å². The summed E-state index contributed by atoms with van der Waals surface area (Å²) in [5, 5.41) is 0. The Morgan fingerprint density at radius 2 is 2.12 bits per heavy atom. The third kappa shape index (κ3) is 2.16. The molecule has 1 heterocycles. The highest BCUT2D eigenvalue weighted by atomic mass is 79.9. The van der Waals surface area contributed by atoms with Crippen LogP contribution < -0.4 is 0 Å². The van der Waals surface area contributed by atoms with E-state index in [0.717, 1.165) is 15.9 Å². The van der Waals surface area contributed by atoms with Crippen LogP contribution in [-0.4, -0.2) is 9.55 Å². The van der Waals surface area contributed by atoms with Gasteiger partial charge >= 0.3 is 0 Å². The quantitative estimate of drug-likeness (QED) is 0.825. The normalized spacial score (nSPS) is 10.8. The number of nitrogens with zero attached hydrogens (tertiary/aromatic N) is 2. The van der Waals surface area contributed by atoms with E-state index in [0.29, 0.717) is 12.1 Å². The molecule has 84 valence electrons.